The van der Waals surface area contributed by atoms with E-state index in [1.165, 1.54) is 39.0 Å². The van der Waals surface area contributed by atoms with Gasteiger partial charge in [-0.15, -0.1) is 0 Å². The zero-order valence-electron chi connectivity index (χ0n) is 16.0. The minimum atomic E-state index is -0.129. The van der Waals surface area contributed by atoms with Crippen LogP contribution in [0.1, 0.15) is 48.9 Å². The fourth-order valence-electron chi connectivity index (χ4n) is 5.33. The Morgan fingerprint density at radius 1 is 0.630 bits per heavy atom. The maximum atomic E-state index is 2.40. The monoisotopic (exact) mass is 348 g/mol. The first-order valence-corrected chi connectivity index (χ1v) is 10.1. The molecule has 0 aliphatic heterocycles. The van der Waals surface area contributed by atoms with Crippen LogP contribution in [0.5, 0.6) is 0 Å². The largest absolute Gasteiger partial charge is 0.0839 e. The molecule has 132 valence electrons. The average molecular weight is 348 g/mol. The van der Waals surface area contributed by atoms with Crippen molar-refractivity contribution in [2.24, 2.45) is 0 Å². The van der Waals surface area contributed by atoms with Crippen molar-refractivity contribution < 1.29 is 0 Å². The Bertz CT molecular complexity index is 1050. The third kappa shape index (κ3) is 1.93. The Hall–Kier alpha value is -2.86. The summed E-state index contributed by atoms with van der Waals surface area (Å²) in [7, 11) is 0. The van der Waals surface area contributed by atoms with Crippen molar-refractivity contribution in [3.8, 4) is 11.1 Å². The first-order chi connectivity index (χ1) is 13.4. The van der Waals surface area contributed by atoms with E-state index in [0.29, 0.717) is 0 Å². The van der Waals surface area contributed by atoms with Crippen LogP contribution in [-0.2, 0) is 5.41 Å². The number of benzene rings is 3. The van der Waals surface area contributed by atoms with Crippen molar-refractivity contribution in [1.29, 1.82) is 0 Å². The first-order valence-electron chi connectivity index (χ1n) is 10.1. The standard InChI is InChI=1S/C25H18.C2H6/c1-5-13-21-17(9-1)18-10-2-6-14-22(18)25(21)23-15-7-3-11-19(23)20-12-4-8-16-24(20)25;1-2/h1-3,5-11,13-16H,4,12H2;1-2H3. The molecule has 0 heteroatoms. The van der Waals surface area contributed by atoms with Crippen molar-refractivity contribution in [3.63, 3.8) is 0 Å². The van der Waals surface area contributed by atoms with Crippen molar-refractivity contribution in [2.45, 2.75) is 32.1 Å². The maximum Gasteiger partial charge on any atom is 0.0722 e. The van der Waals surface area contributed by atoms with Crippen LogP contribution in [0.4, 0.5) is 0 Å². The summed E-state index contributed by atoms with van der Waals surface area (Å²) in [6.45, 7) is 4.00. The van der Waals surface area contributed by atoms with Crippen LogP contribution in [0.2, 0.25) is 0 Å². The Morgan fingerprint density at radius 3 is 1.70 bits per heavy atom. The van der Waals surface area contributed by atoms with Gasteiger partial charge in [0.25, 0.3) is 0 Å². The van der Waals surface area contributed by atoms with Gasteiger partial charge in [0.1, 0.15) is 0 Å². The van der Waals surface area contributed by atoms with Gasteiger partial charge in [-0.2, -0.15) is 0 Å². The lowest BCUT2D eigenvalue weighted by Gasteiger charge is -2.32. The van der Waals surface area contributed by atoms with Crippen LogP contribution in [0.25, 0.3) is 16.7 Å². The van der Waals surface area contributed by atoms with Crippen LogP contribution in [0.15, 0.2) is 90.5 Å². The quantitative estimate of drug-likeness (QED) is 0.405. The van der Waals surface area contributed by atoms with E-state index in [-0.39, 0.29) is 5.41 Å². The minimum Gasteiger partial charge on any atom is -0.0839 e. The van der Waals surface area contributed by atoms with Crippen LogP contribution in [-0.4, -0.2) is 0 Å². The molecule has 0 aromatic heterocycles. The molecular weight excluding hydrogens is 324 g/mol. The van der Waals surface area contributed by atoms with Gasteiger partial charge in [0.15, 0.2) is 0 Å². The van der Waals surface area contributed by atoms with Gasteiger partial charge in [0.2, 0.25) is 0 Å². The number of rotatable bonds is 0. The second kappa shape index (κ2) is 6.09. The first kappa shape index (κ1) is 16.3. The molecule has 0 radical (unpaired) electrons. The molecule has 0 atom stereocenters. The summed E-state index contributed by atoms with van der Waals surface area (Å²) < 4.78 is 0. The fourth-order valence-corrected chi connectivity index (χ4v) is 5.33. The summed E-state index contributed by atoms with van der Waals surface area (Å²) in [5, 5.41) is 0. The summed E-state index contributed by atoms with van der Waals surface area (Å²) in [4.78, 5) is 0. The van der Waals surface area contributed by atoms with Crippen molar-refractivity contribution in [3.05, 3.63) is 113 Å². The SMILES string of the molecule is C1=CC2=C(CC1)c1ccccc1C21c2ccccc2-c2ccccc21.CC. The highest BCUT2D eigenvalue weighted by Crippen LogP contribution is 2.62. The molecule has 3 aromatic carbocycles. The smallest absolute Gasteiger partial charge is 0.0722 e. The lowest BCUT2D eigenvalue weighted by atomic mass is 9.69. The van der Waals surface area contributed by atoms with Crippen LogP contribution in [0, 0.1) is 0 Å². The predicted molar refractivity (Wildman–Crippen MR) is 115 cm³/mol. The molecule has 3 aromatic rings. The number of hydrogen-bond donors (Lipinski definition) is 0. The van der Waals surface area contributed by atoms with E-state index >= 15 is 0 Å². The topological polar surface area (TPSA) is 0 Å². The predicted octanol–water partition coefficient (Wildman–Crippen LogP) is 7.14. The Balaban J connectivity index is 0.000000777. The Kier molecular flexibility index (Phi) is 3.68. The molecule has 0 saturated carbocycles. The molecule has 3 aliphatic carbocycles. The van der Waals surface area contributed by atoms with E-state index in [4.69, 9.17) is 0 Å². The molecule has 0 amide bonds. The zero-order valence-corrected chi connectivity index (χ0v) is 16.0. The van der Waals surface area contributed by atoms with Crippen molar-refractivity contribution >= 4 is 5.57 Å². The van der Waals surface area contributed by atoms with Crippen LogP contribution >= 0.6 is 0 Å². The van der Waals surface area contributed by atoms with Gasteiger partial charge in [-0.3, -0.25) is 0 Å². The van der Waals surface area contributed by atoms with Crippen LogP contribution in [0.3, 0.4) is 0 Å². The lowest BCUT2D eigenvalue weighted by Crippen LogP contribution is -2.26. The summed E-state index contributed by atoms with van der Waals surface area (Å²) in [6.07, 6.45) is 7.05. The number of fused-ring (bicyclic) bond motifs is 9. The van der Waals surface area contributed by atoms with Gasteiger partial charge in [-0.05, 0) is 57.4 Å². The summed E-state index contributed by atoms with van der Waals surface area (Å²) in [6, 6.07) is 27.0. The molecule has 0 N–H and O–H groups in total. The second-order valence-corrected chi connectivity index (χ2v) is 7.22. The highest BCUT2D eigenvalue weighted by atomic mass is 14.5. The third-order valence-electron chi connectivity index (χ3n) is 6.18. The molecule has 0 bridgehead atoms. The third-order valence-corrected chi connectivity index (χ3v) is 6.18. The summed E-state index contributed by atoms with van der Waals surface area (Å²) in [5.41, 5.74) is 11.5. The summed E-state index contributed by atoms with van der Waals surface area (Å²) >= 11 is 0. The minimum absolute atomic E-state index is 0.129. The van der Waals surface area contributed by atoms with Gasteiger partial charge in [-0.1, -0.05) is 98.8 Å². The highest BCUT2D eigenvalue weighted by Gasteiger charge is 2.51. The van der Waals surface area contributed by atoms with E-state index in [1.807, 2.05) is 13.8 Å². The average Bonchev–Trinajstić information content (AvgIpc) is 3.23. The molecule has 3 aliphatic rings. The second-order valence-electron chi connectivity index (χ2n) is 7.22. The fraction of sp³-hybridized carbons (Fsp3) is 0.185. The number of hydrogen-bond acceptors (Lipinski definition) is 0. The van der Waals surface area contributed by atoms with Gasteiger partial charge >= 0.3 is 0 Å². The highest BCUT2D eigenvalue weighted by molar-refractivity contribution is 5.95. The molecular formula is C27H24. The van der Waals surface area contributed by atoms with E-state index in [1.54, 1.807) is 5.57 Å². The van der Waals surface area contributed by atoms with E-state index in [2.05, 4.69) is 84.9 Å². The Labute approximate surface area is 161 Å². The zero-order chi connectivity index (χ0) is 18.4. The van der Waals surface area contributed by atoms with Crippen LogP contribution < -0.4 is 0 Å². The molecule has 0 unspecified atom stereocenters. The molecule has 0 heterocycles. The van der Waals surface area contributed by atoms with Gasteiger partial charge in [-0.25, -0.2) is 0 Å². The molecule has 0 fully saturated rings. The number of allylic oxidation sites excluding steroid dienone is 4. The van der Waals surface area contributed by atoms with Crippen molar-refractivity contribution in [1.82, 2.24) is 0 Å². The molecule has 1 spiro atoms. The maximum absolute atomic E-state index is 2.40. The van der Waals surface area contributed by atoms with Crippen molar-refractivity contribution in [2.75, 3.05) is 0 Å². The molecule has 6 rings (SSSR count). The van der Waals surface area contributed by atoms with Gasteiger partial charge < -0.3 is 0 Å². The normalized spacial score (nSPS) is 17.0. The van der Waals surface area contributed by atoms with E-state index in [0.717, 1.165) is 12.8 Å². The van der Waals surface area contributed by atoms with Gasteiger partial charge in [0, 0.05) is 0 Å². The molecule has 0 nitrogen and oxygen atoms in total. The lowest BCUT2D eigenvalue weighted by molar-refractivity contribution is 0.780. The Morgan fingerprint density at radius 2 is 1.11 bits per heavy atom. The summed E-state index contributed by atoms with van der Waals surface area (Å²) in [5.74, 6) is 0. The van der Waals surface area contributed by atoms with E-state index in [9.17, 15) is 0 Å². The van der Waals surface area contributed by atoms with E-state index < -0.39 is 0 Å². The van der Waals surface area contributed by atoms with Gasteiger partial charge in [0.05, 0.1) is 5.41 Å². The molecule has 0 saturated heterocycles. The molecule has 27 heavy (non-hydrogen) atoms.